The second kappa shape index (κ2) is 6.61. The third-order valence-corrected chi connectivity index (χ3v) is 5.39. The molecule has 0 spiro atoms. The standard InChI is InChI=1S/C18H26N6/c1-13-21-15(12-16(22-13)18-19-7-8-20-18)17-4-3-9-24(17)14-5-10-23(2)11-6-14/h7-8,12,14,17H,3-6,9-11H2,1-2H3,(H,19,20)/t17-/m0/s1. The topological polar surface area (TPSA) is 60.9 Å². The lowest BCUT2D eigenvalue weighted by atomic mass is 10.0. The van der Waals surface area contributed by atoms with Crippen LogP contribution in [-0.4, -0.2) is 62.5 Å². The maximum atomic E-state index is 4.78. The van der Waals surface area contributed by atoms with Crippen molar-refractivity contribution in [1.82, 2.24) is 29.7 Å². The van der Waals surface area contributed by atoms with E-state index in [-0.39, 0.29) is 0 Å². The zero-order valence-electron chi connectivity index (χ0n) is 14.6. The van der Waals surface area contributed by atoms with Gasteiger partial charge in [0.05, 0.1) is 11.7 Å². The van der Waals surface area contributed by atoms with Gasteiger partial charge in [-0.25, -0.2) is 15.0 Å². The van der Waals surface area contributed by atoms with E-state index in [1.807, 2.05) is 13.1 Å². The number of hydrogen-bond acceptors (Lipinski definition) is 5. The average Bonchev–Trinajstić information content (AvgIpc) is 3.27. The number of rotatable bonds is 3. The molecule has 2 aromatic rings. The first-order valence-electron chi connectivity index (χ1n) is 9.00. The summed E-state index contributed by atoms with van der Waals surface area (Å²) in [5, 5.41) is 0. The molecule has 4 rings (SSSR count). The molecule has 0 unspecified atom stereocenters. The van der Waals surface area contributed by atoms with Crippen molar-refractivity contribution in [2.75, 3.05) is 26.7 Å². The van der Waals surface area contributed by atoms with Crippen LogP contribution in [0.25, 0.3) is 11.5 Å². The first-order valence-corrected chi connectivity index (χ1v) is 9.00. The van der Waals surface area contributed by atoms with Crippen LogP contribution in [0.15, 0.2) is 18.5 Å². The smallest absolute Gasteiger partial charge is 0.156 e. The van der Waals surface area contributed by atoms with Crippen LogP contribution >= 0.6 is 0 Å². The quantitative estimate of drug-likeness (QED) is 0.938. The monoisotopic (exact) mass is 326 g/mol. The summed E-state index contributed by atoms with van der Waals surface area (Å²) >= 11 is 0. The highest BCUT2D eigenvalue weighted by molar-refractivity contribution is 5.49. The molecule has 0 radical (unpaired) electrons. The first-order chi connectivity index (χ1) is 11.7. The number of imidazole rings is 1. The predicted molar refractivity (Wildman–Crippen MR) is 93.6 cm³/mol. The Labute approximate surface area is 143 Å². The van der Waals surface area contributed by atoms with Gasteiger partial charge < -0.3 is 9.88 Å². The molecule has 24 heavy (non-hydrogen) atoms. The normalized spacial score (nSPS) is 23.8. The van der Waals surface area contributed by atoms with Crippen molar-refractivity contribution in [3.63, 3.8) is 0 Å². The van der Waals surface area contributed by atoms with E-state index in [4.69, 9.17) is 4.98 Å². The summed E-state index contributed by atoms with van der Waals surface area (Å²) < 4.78 is 0. The summed E-state index contributed by atoms with van der Waals surface area (Å²) in [6, 6.07) is 3.24. The van der Waals surface area contributed by atoms with Crippen LogP contribution < -0.4 is 0 Å². The SMILES string of the molecule is Cc1nc(-c2ncc[nH]2)cc([C@@H]2CCCN2C2CCN(C)CC2)n1. The molecule has 1 N–H and O–H groups in total. The number of aryl methyl sites for hydroxylation is 1. The van der Waals surface area contributed by atoms with E-state index in [0.29, 0.717) is 12.1 Å². The van der Waals surface area contributed by atoms with Crippen molar-refractivity contribution < 1.29 is 0 Å². The fourth-order valence-corrected chi connectivity index (χ4v) is 4.16. The maximum absolute atomic E-state index is 4.78. The van der Waals surface area contributed by atoms with E-state index in [1.54, 1.807) is 6.20 Å². The van der Waals surface area contributed by atoms with Crippen LogP contribution in [0.1, 0.15) is 43.2 Å². The molecule has 1 atom stereocenters. The molecule has 2 fully saturated rings. The van der Waals surface area contributed by atoms with Crippen LogP contribution in [-0.2, 0) is 0 Å². The average molecular weight is 326 g/mol. The number of nitrogens with one attached hydrogen (secondary N) is 1. The second-order valence-electron chi connectivity index (χ2n) is 7.09. The van der Waals surface area contributed by atoms with E-state index < -0.39 is 0 Å². The van der Waals surface area contributed by atoms with Gasteiger partial charge in [-0.1, -0.05) is 0 Å². The number of aromatic nitrogens is 4. The highest BCUT2D eigenvalue weighted by Gasteiger charge is 2.34. The number of piperidine rings is 1. The Kier molecular flexibility index (Phi) is 4.33. The summed E-state index contributed by atoms with van der Waals surface area (Å²) in [6.07, 6.45) is 8.60. The lowest BCUT2D eigenvalue weighted by molar-refractivity contribution is 0.108. The zero-order valence-corrected chi connectivity index (χ0v) is 14.6. The van der Waals surface area contributed by atoms with Gasteiger partial charge in [-0.3, -0.25) is 4.90 Å². The molecule has 128 valence electrons. The van der Waals surface area contributed by atoms with E-state index in [9.17, 15) is 0 Å². The first kappa shape index (κ1) is 15.7. The highest BCUT2D eigenvalue weighted by atomic mass is 15.2. The third-order valence-electron chi connectivity index (χ3n) is 5.39. The van der Waals surface area contributed by atoms with E-state index in [0.717, 1.165) is 23.0 Å². The summed E-state index contributed by atoms with van der Waals surface area (Å²) in [5.41, 5.74) is 2.06. The maximum Gasteiger partial charge on any atom is 0.156 e. The van der Waals surface area contributed by atoms with Crippen molar-refractivity contribution >= 4 is 0 Å². The Morgan fingerprint density at radius 3 is 2.71 bits per heavy atom. The van der Waals surface area contributed by atoms with Crippen LogP contribution in [0, 0.1) is 6.92 Å². The fraction of sp³-hybridized carbons (Fsp3) is 0.611. The van der Waals surface area contributed by atoms with Crippen molar-refractivity contribution in [3.8, 4) is 11.5 Å². The molecule has 2 aliphatic heterocycles. The number of aromatic amines is 1. The minimum atomic E-state index is 0.425. The Bertz CT molecular complexity index is 675. The molecule has 0 amide bonds. The van der Waals surface area contributed by atoms with Gasteiger partial charge in [-0.15, -0.1) is 0 Å². The van der Waals surface area contributed by atoms with Gasteiger partial charge in [-0.05, 0) is 65.4 Å². The number of likely N-dealkylation sites (tertiary alicyclic amines) is 2. The van der Waals surface area contributed by atoms with Crippen LogP contribution in [0.4, 0.5) is 0 Å². The van der Waals surface area contributed by atoms with Crippen LogP contribution in [0.3, 0.4) is 0 Å². The van der Waals surface area contributed by atoms with Crippen molar-refractivity contribution in [2.24, 2.45) is 0 Å². The summed E-state index contributed by atoms with van der Waals surface area (Å²) in [4.78, 5) is 22.0. The summed E-state index contributed by atoms with van der Waals surface area (Å²) in [7, 11) is 2.22. The lowest BCUT2D eigenvalue weighted by Gasteiger charge is -2.38. The molecular formula is C18H26N6. The van der Waals surface area contributed by atoms with Gasteiger partial charge in [0.15, 0.2) is 5.82 Å². The number of H-pyrrole nitrogens is 1. The molecule has 4 heterocycles. The number of nitrogens with zero attached hydrogens (tertiary/aromatic N) is 5. The van der Waals surface area contributed by atoms with Gasteiger partial charge in [0, 0.05) is 18.4 Å². The third kappa shape index (κ3) is 3.08. The number of hydrogen-bond donors (Lipinski definition) is 1. The predicted octanol–water partition coefficient (Wildman–Crippen LogP) is 2.41. The Morgan fingerprint density at radius 2 is 1.96 bits per heavy atom. The molecule has 2 aromatic heterocycles. The Balaban J connectivity index is 1.60. The summed E-state index contributed by atoms with van der Waals surface area (Å²) in [6.45, 7) is 5.58. The van der Waals surface area contributed by atoms with Crippen molar-refractivity contribution in [3.05, 3.63) is 30.0 Å². The minimum absolute atomic E-state index is 0.425. The largest absolute Gasteiger partial charge is 0.343 e. The molecule has 0 aromatic carbocycles. The Morgan fingerprint density at radius 1 is 1.12 bits per heavy atom. The van der Waals surface area contributed by atoms with E-state index in [1.165, 1.54) is 45.3 Å². The van der Waals surface area contributed by atoms with Gasteiger partial charge in [0.25, 0.3) is 0 Å². The molecule has 6 nitrogen and oxygen atoms in total. The minimum Gasteiger partial charge on any atom is -0.343 e. The molecule has 2 aliphatic rings. The molecule has 0 bridgehead atoms. The van der Waals surface area contributed by atoms with Crippen LogP contribution in [0.5, 0.6) is 0 Å². The second-order valence-corrected chi connectivity index (χ2v) is 7.09. The summed E-state index contributed by atoms with van der Waals surface area (Å²) in [5.74, 6) is 1.65. The van der Waals surface area contributed by atoms with E-state index in [2.05, 4.69) is 37.9 Å². The van der Waals surface area contributed by atoms with Crippen molar-refractivity contribution in [2.45, 2.75) is 44.7 Å². The lowest BCUT2D eigenvalue weighted by Crippen LogP contribution is -2.43. The Hall–Kier alpha value is -1.79. The van der Waals surface area contributed by atoms with Gasteiger partial charge >= 0.3 is 0 Å². The molecule has 0 saturated carbocycles. The zero-order chi connectivity index (χ0) is 16.5. The van der Waals surface area contributed by atoms with Gasteiger partial charge in [0.1, 0.15) is 11.5 Å². The van der Waals surface area contributed by atoms with Gasteiger partial charge in [0.2, 0.25) is 0 Å². The fourth-order valence-electron chi connectivity index (χ4n) is 4.16. The molecule has 6 heteroatoms. The molecule has 2 saturated heterocycles. The van der Waals surface area contributed by atoms with Crippen molar-refractivity contribution in [1.29, 1.82) is 0 Å². The highest BCUT2D eigenvalue weighted by Crippen LogP contribution is 2.36. The van der Waals surface area contributed by atoms with E-state index >= 15 is 0 Å². The van der Waals surface area contributed by atoms with Gasteiger partial charge in [-0.2, -0.15) is 0 Å². The molecule has 0 aliphatic carbocycles. The van der Waals surface area contributed by atoms with Crippen LogP contribution in [0.2, 0.25) is 0 Å². The molecular weight excluding hydrogens is 300 g/mol.